The Morgan fingerprint density at radius 3 is 2.92 bits per heavy atom. The minimum Gasteiger partial charge on any atom is -0.481 e. The maximum absolute atomic E-state index is 10.4. The molecule has 1 heterocycles. The minimum atomic E-state index is -0.710. The molecule has 0 spiro atoms. The molecule has 1 fully saturated rings. The lowest BCUT2D eigenvalue weighted by Gasteiger charge is -1.87. The molecule has 0 aromatic carbocycles. The third-order valence-electron chi connectivity index (χ3n) is 2.01. The summed E-state index contributed by atoms with van der Waals surface area (Å²) in [6, 6.07) is 0. The SMILES string of the molecule is Cl.O=C(O)C1CC1c1c[nH]cn1. The number of H-pyrrole nitrogens is 1. The Morgan fingerprint density at radius 2 is 2.50 bits per heavy atom. The highest BCUT2D eigenvalue weighted by Gasteiger charge is 2.45. The first-order valence-corrected chi connectivity index (χ1v) is 3.50. The number of aliphatic carboxylic acids is 1. The van der Waals surface area contributed by atoms with Crippen molar-refractivity contribution < 1.29 is 9.90 Å². The lowest BCUT2D eigenvalue weighted by molar-refractivity contribution is -0.138. The zero-order chi connectivity index (χ0) is 7.84. The molecule has 1 aromatic rings. The van der Waals surface area contributed by atoms with Crippen molar-refractivity contribution in [2.45, 2.75) is 12.3 Å². The van der Waals surface area contributed by atoms with Gasteiger partial charge in [0.05, 0.1) is 17.9 Å². The van der Waals surface area contributed by atoms with Crippen LogP contribution in [0.3, 0.4) is 0 Å². The highest BCUT2D eigenvalue weighted by Crippen LogP contribution is 2.46. The number of hydrogen-bond donors (Lipinski definition) is 2. The van der Waals surface area contributed by atoms with Crippen molar-refractivity contribution >= 4 is 18.4 Å². The van der Waals surface area contributed by atoms with E-state index in [0.717, 1.165) is 12.1 Å². The monoisotopic (exact) mass is 188 g/mol. The fourth-order valence-corrected chi connectivity index (χ4v) is 1.27. The standard InChI is InChI=1S/C7H8N2O2.ClH/c10-7(11)5-1-4(5)6-2-8-3-9-6;/h2-5H,1H2,(H,8,9)(H,10,11);1H. The summed E-state index contributed by atoms with van der Waals surface area (Å²) >= 11 is 0. The van der Waals surface area contributed by atoms with Gasteiger partial charge in [0.1, 0.15) is 0 Å². The second-order valence-electron chi connectivity index (χ2n) is 2.78. The predicted molar refractivity (Wildman–Crippen MR) is 44.3 cm³/mol. The van der Waals surface area contributed by atoms with E-state index >= 15 is 0 Å². The zero-order valence-corrected chi connectivity index (χ0v) is 7.04. The van der Waals surface area contributed by atoms with E-state index in [1.165, 1.54) is 0 Å². The highest BCUT2D eigenvalue weighted by molar-refractivity contribution is 5.85. The van der Waals surface area contributed by atoms with E-state index in [1.54, 1.807) is 12.5 Å². The number of aromatic amines is 1. The molecule has 66 valence electrons. The summed E-state index contributed by atoms with van der Waals surface area (Å²) in [4.78, 5) is 17.2. The van der Waals surface area contributed by atoms with Gasteiger partial charge >= 0.3 is 5.97 Å². The van der Waals surface area contributed by atoms with Gasteiger partial charge in [-0.05, 0) is 6.42 Å². The van der Waals surface area contributed by atoms with E-state index in [1.807, 2.05) is 0 Å². The second-order valence-corrected chi connectivity index (χ2v) is 2.78. The van der Waals surface area contributed by atoms with Crippen LogP contribution in [-0.2, 0) is 4.79 Å². The van der Waals surface area contributed by atoms with Gasteiger partial charge in [-0.3, -0.25) is 4.79 Å². The zero-order valence-electron chi connectivity index (χ0n) is 6.23. The van der Waals surface area contributed by atoms with Gasteiger partial charge in [-0.15, -0.1) is 12.4 Å². The number of carboxylic acids is 1. The molecule has 1 aliphatic rings. The summed E-state index contributed by atoms with van der Waals surface area (Å²) in [6.07, 6.45) is 4.07. The van der Waals surface area contributed by atoms with Gasteiger partial charge in [-0.25, -0.2) is 4.98 Å². The van der Waals surface area contributed by atoms with E-state index < -0.39 is 5.97 Å². The quantitative estimate of drug-likeness (QED) is 0.728. The third kappa shape index (κ3) is 1.43. The van der Waals surface area contributed by atoms with Crippen LogP contribution in [0.15, 0.2) is 12.5 Å². The molecule has 0 saturated heterocycles. The lowest BCUT2D eigenvalue weighted by atomic mass is 10.2. The van der Waals surface area contributed by atoms with Crippen molar-refractivity contribution in [1.29, 1.82) is 0 Å². The predicted octanol–water partition coefficient (Wildman–Crippen LogP) is 1.02. The van der Waals surface area contributed by atoms with Gasteiger partial charge in [-0.2, -0.15) is 0 Å². The fraction of sp³-hybridized carbons (Fsp3) is 0.429. The van der Waals surface area contributed by atoms with Crippen LogP contribution in [-0.4, -0.2) is 21.0 Å². The van der Waals surface area contributed by atoms with Crippen molar-refractivity contribution in [2.24, 2.45) is 5.92 Å². The van der Waals surface area contributed by atoms with Crippen LogP contribution in [0.4, 0.5) is 0 Å². The molecule has 1 saturated carbocycles. The Hall–Kier alpha value is -1.03. The van der Waals surface area contributed by atoms with Gasteiger partial charge < -0.3 is 10.1 Å². The van der Waals surface area contributed by atoms with Crippen LogP contribution >= 0.6 is 12.4 Å². The Balaban J connectivity index is 0.000000720. The smallest absolute Gasteiger partial charge is 0.307 e. The molecule has 0 amide bonds. The summed E-state index contributed by atoms with van der Waals surface area (Å²) in [5.74, 6) is -0.755. The number of rotatable bonds is 2. The number of nitrogens with zero attached hydrogens (tertiary/aromatic N) is 1. The molecule has 0 radical (unpaired) electrons. The summed E-state index contributed by atoms with van der Waals surface area (Å²) in [7, 11) is 0. The van der Waals surface area contributed by atoms with E-state index in [9.17, 15) is 4.79 Å². The first kappa shape index (κ1) is 9.06. The van der Waals surface area contributed by atoms with Crippen LogP contribution in [0, 0.1) is 5.92 Å². The first-order valence-electron chi connectivity index (χ1n) is 3.50. The Morgan fingerprint density at radius 1 is 1.75 bits per heavy atom. The molecule has 1 aliphatic carbocycles. The number of carboxylic acid groups (broad SMARTS) is 1. The number of nitrogens with one attached hydrogen (secondary N) is 1. The van der Waals surface area contributed by atoms with Crippen molar-refractivity contribution in [3.8, 4) is 0 Å². The highest BCUT2D eigenvalue weighted by atomic mass is 35.5. The summed E-state index contributed by atoms with van der Waals surface area (Å²) in [5, 5.41) is 8.58. The third-order valence-corrected chi connectivity index (χ3v) is 2.01. The largest absolute Gasteiger partial charge is 0.481 e. The molecule has 1 aromatic heterocycles. The molecule has 2 rings (SSSR count). The second kappa shape index (κ2) is 3.15. The van der Waals surface area contributed by atoms with E-state index in [0.29, 0.717) is 0 Å². The summed E-state index contributed by atoms with van der Waals surface area (Å²) in [5.41, 5.74) is 0.873. The molecule has 5 heteroatoms. The molecule has 2 atom stereocenters. The molecular weight excluding hydrogens is 180 g/mol. The molecule has 2 unspecified atom stereocenters. The number of halogens is 1. The van der Waals surface area contributed by atoms with Crippen molar-refractivity contribution in [3.63, 3.8) is 0 Å². The maximum Gasteiger partial charge on any atom is 0.307 e. The van der Waals surface area contributed by atoms with E-state index in [-0.39, 0.29) is 24.2 Å². The van der Waals surface area contributed by atoms with E-state index in [2.05, 4.69) is 9.97 Å². The molecule has 2 N–H and O–H groups in total. The summed E-state index contributed by atoms with van der Waals surface area (Å²) in [6.45, 7) is 0. The lowest BCUT2D eigenvalue weighted by Crippen LogP contribution is -1.98. The molecule has 12 heavy (non-hydrogen) atoms. The van der Waals surface area contributed by atoms with Crippen LogP contribution in [0.1, 0.15) is 18.0 Å². The Bertz CT molecular complexity index is 273. The molecule has 0 aliphatic heterocycles. The minimum absolute atomic E-state index is 0. The normalized spacial score (nSPS) is 26.0. The van der Waals surface area contributed by atoms with Crippen molar-refractivity contribution in [1.82, 2.24) is 9.97 Å². The van der Waals surface area contributed by atoms with Crippen LogP contribution in [0.2, 0.25) is 0 Å². The summed E-state index contributed by atoms with van der Waals surface area (Å²) < 4.78 is 0. The average molecular weight is 189 g/mol. The van der Waals surface area contributed by atoms with Gasteiger partial charge in [0.2, 0.25) is 0 Å². The number of carbonyl (C=O) groups is 1. The van der Waals surface area contributed by atoms with Gasteiger partial charge in [0.15, 0.2) is 0 Å². The maximum atomic E-state index is 10.4. The fourth-order valence-electron chi connectivity index (χ4n) is 1.27. The van der Waals surface area contributed by atoms with Crippen LogP contribution in [0.5, 0.6) is 0 Å². The average Bonchev–Trinajstić information content (AvgIpc) is 2.60. The van der Waals surface area contributed by atoms with Crippen LogP contribution in [0.25, 0.3) is 0 Å². The van der Waals surface area contributed by atoms with Crippen molar-refractivity contribution in [3.05, 3.63) is 18.2 Å². The Kier molecular flexibility index (Phi) is 2.38. The number of imidazole rings is 1. The first-order chi connectivity index (χ1) is 5.29. The number of aromatic nitrogens is 2. The molecule has 4 nitrogen and oxygen atoms in total. The topological polar surface area (TPSA) is 66.0 Å². The molecule has 0 bridgehead atoms. The van der Waals surface area contributed by atoms with Gasteiger partial charge in [-0.1, -0.05) is 0 Å². The number of hydrogen-bond acceptors (Lipinski definition) is 2. The van der Waals surface area contributed by atoms with Gasteiger partial charge in [0, 0.05) is 12.1 Å². The van der Waals surface area contributed by atoms with Crippen molar-refractivity contribution in [2.75, 3.05) is 0 Å². The van der Waals surface area contributed by atoms with E-state index in [4.69, 9.17) is 5.11 Å². The molecular formula is C7H9ClN2O2. The van der Waals surface area contributed by atoms with Crippen LogP contribution < -0.4 is 0 Å². The van der Waals surface area contributed by atoms with Gasteiger partial charge in [0.25, 0.3) is 0 Å². The Labute approximate surface area is 75.4 Å².